The number of hydrogen-bond acceptors (Lipinski definition) is 2. The van der Waals surface area contributed by atoms with Gasteiger partial charge in [0.15, 0.2) is 0 Å². The largest absolute Gasteiger partial charge is 0.488 e. The zero-order valence-electron chi connectivity index (χ0n) is 10.2. The van der Waals surface area contributed by atoms with Crippen LogP contribution in [0.2, 0.25) is 0 Å². The first-order valence-electron chi connectivity index (χ1n) is 5.94. The van der Waals surface area contributed by atoms with Crippen LogP contribution in [0.5, 0.6) is 0 Å². The molecule has 0 saturated carbocycles. The summed E-state index contributed by atoms with van der Waals surface area (Å²) in [6.45, 7) is 6.74. The highest BCUT2D eigenvalue weighted by Gasteiger charge is 2.37. The topological polar surface area (TPSA) is 40.5 Å². The monoisotopic (exact) mass is 218 g/mol. The Balaban J connectivity index is 2.48. The molecule has 2 rings (SSSR count). The first-order chi connectivity index (χ1) is 7.45. The van der Waals surface area contributed by atoms with Crippen LogP contribution in [0, 0.1) is 5.92 Å². The molecule has 0 saturated heterocycles. The minimum Gasteiger partial charge on any atom is -0.423 e. The summed E-state index contributed by atoms with van der Waals surface area (Å²) >= 11 is 0. The standard InChI is InChI=1S/C13H19BO2/c1-9(2)13(3)7-6-10-4-5-11(14(15)16)8-12(10)13/h4-5,8-9,15-16H,6-7H2,1-3H3. The number of benzene rings is 1. The van der Waals surface area contributed by atoms with Crippen LogP contribution in [-0.4, -0.2) is 17.2 Å². The maximum absolute atomic E-state index is 9.22. The van der Waals surface area contributed by atoms with Gasteiger partial charge >= 0.3 is 7.12 Å². The van der Waals surface area contributed by atoms with Crippen LogP contribution < -0.4 is 5.46 Å². The van der Waals surface area contributed by atoms with Gasteiger partial charge in [-0.1, -0.05) is 39.0 Å². The van der Waals surface area contributed by atoms with Gasteiger partial charge in [0.1, 0.15) is 0 Å². The summed E-state index contributed by atoms with van der Waals surface area (Å²) in [5.41, 5.74) is 3.45. The second-order valence-electron chi connectivity index (χ2n) is 5.36. The van der Waals surface area contributed by atoms with E-state index in [0.717, 1.165) is 12.8 Å². The van der Waals surface area contributed by atoms with Crippen molar-refractivity contribution in [1.82, 2.24) is 0 Å². The van der Waals surface area contributed by atoms with E-state index in [9.17, 15) is 10.0 Å². The van der Waals surface area contributed by atoms with Gasteiger partial charge < -0.3 is 10.0 Å². The van der Waals surface area contributed by atoms with E-state index >= 15 is 0 Å². The fraction of sp³-hybridized carbons (Fsp3) is 0.538. The first-order valence-corrected chi connectivity index (χ1v) is 5.94. The predicted molar refractivity (Wildman–Crippen MR) is 66.8 cm³/mol. The maximum atomic E-state index is 9.22. The Morgan fingerprint density at radius 1 is 1.31 bits per heavy atom. The summed E-state index contributed by atoms with van der Waals surface area (Å²) in [5.74, 6) is 0.569. The van der Waals surface area contributed by atoms with Crippen LogP contribution in [0.25, 0.3) is 0 Å². The molecule has 0 aliphatic heterocycles. The van der Waals surface area contributed by atoms with Crippen molar-refractivity contribution in [2.45, 2.75) is 39.0 Å². The van der Waals surface area contributed by atoms with Gasteiger partial charge in [-0.05, 0) is 40.8 Å². The molecule has 86 valence electrons. The van der Waals surface area contributed by atoms with Gasteiger partial charge in [-0.3, -0.25) is 0 Å². The third-order valence-electron chi connectivity index (χ3n) is 4.24. The lowest BCUT2D eigenvalue weighted by Gasteiger charge is -2.30. The molecule has 1 unspecified atom stereocenters. The molecule has 0 radical (unpaired) electrons. The quantitative estimate of drug-likeness (QED) is 0.733. The van der Waals surface area contributed by atoms with Gasteiger partial charge in [-0.15, -0.1) is 0 Å². The van der Waals surface area contributed by atoms with Crippen LogP contribution in [0.1, 0.15) is 38.3 Å². The van der Waals surface area contributed by atoms with Crippen molar-refractivity contribution in [2.24, 2.45) is 5.92 Å². The molecule has 1 atom stereocenters. The van der Waals surface area contributed by atoms with Crippen LogP contribution in [0.15, 0.2) is 18.2 Å². The first kappa shape index (κ1) is 11.7. The molecular weight excluding hydrogens is 199 g/mol. The number of rotatable bonds is 2. The van der Waals surface area contributed by atoms with Crippen molar-refractivity contribution in [3.8, 4) is 0 Å². The lowest BCUT2D eigenvalue weighted by Crippen LogP contribution is -2.32. The maximum Gasteiger partial charge on any atom is 0.488 e. The number of hydrogen-bond donors (Lipinski definition) is 2. The molecule has 0 bridgehead atoms. The Bertz CT molecular complexity index is 401. The Hall–Kier alpha value is -0.795. The van der Waals surface area contributed by atoms with Crippen LogP contribution in [0.3, 0.4) is 0 Å². The minimum atomic E-state index is -1.36. The van der Waals surface area contributed by atoms with E-state index < -0.39 is 7.12 Å². The Morgan fingerprint density at radius 2 is 2.00 bits per heavy atom. The Morgan fingerprint density at radius 3 is 2.56 bits per heavy atom. The molecule has 2 nitrogen and oxygen atoms in total. The molecule has 16 heavy (non-hydrogen) atoms. The molecular formula is C13H19BO2. The highest BCUT2D eigenvalue weighted by molar-refractivity contribution is 6.58. The fourth-order valence-corrected chi connectivity index (χ4v) is 2.63. The number of aryl methyl sites for hydroxylation is 1. The SMILES string of the molecule is CC(C)C1(C)CCc2ccc(B(O)O)cc21. The highest BCUT2D eigenvalue weighted by atomic mass is 16.4. The summed E-state index contributed by atoms with van der Waals surface area (Å²) in [5, 5.41) is 18.4. The molecule has 2 N–H and O–H groups in total. The lowest BCUT2D eigenvalue weighted by atomic mass is 9.71. The predicted octanol–water partition coefficient (Wildman–Crippen LogP) is 1.23. The molecule has 0 fully saturated rings. The molecule has 1 aliphatic carbocycles. The highest BCUT2D eigenvalue weighted by Crippen LogP contribution is 2.43. The summed E-state index contributed by atoms with van der Waals surface area (Å²) in [4.78, 5) is 0. The van der Waals surface area contributed by atoms with Gasteiger partial charge in [0.05, 0.1) is 0 Å². The smallest absolute Gasteiger partial charge is 0.423 e. The van der Waals surface area contributed by atoms with E-state index in [1.807, 2.05) is 18.2 Å². The Labute approximate surface area is 97.5 Å². The summed E-state index contributed by atoms with van der Waals surface area (Å²) in [6.07, 6.45) is 2.26. The third kappa shape index (κ3) is 1.68. The van der Waals surface area contributed by atoms with Crippen LogP contribution >= 0.6 is 0 Å². The summed E-state index contributed by atoms with van der Waals surface area (Å²) < 4.78 is 0. The molecule has 0 heterocycles. The average molecular weight is 218 g/mol. The molecule has 0 aromatic heterocycles. The van der Waals surface area contributed by atoms with E-state index in [2.05, 4.69) is 20.8 Å². The molecule has 3 heteroatoms. The van der Waals surface area contributed by atoms with Gasteiger partial charge in [0.2, 0.25) is 0 Å². The molecule has 0 spiro atoms. The third-order valence-corrected chi connectivity index (χ3v) is 4.24. The zero-order chi connectivity index (χ0) is 11.9. The van der Waals surface area contributed by atoms with Crippen LogP contribution in [0.4, 0.5) is 0 Å². The van der Waals surface area contributed by atoms with E-state index in [-0.39, 0.29) is 5.41 Å². The Kier molecular flexibility index (Phi) is 2.85. The van der Waals surface area contributed by atoms with Crippen molar-refractivity contribution < 1.29 is 10.0 Å². The summed E-state index contributed by atoms with van der Waals surface area (Å²) in [6, 6.07) is 5.82. The van der Waals surface area contributed by atoms with Crippen molar-refractivity contribution in [1.29, 1.82) is 0 Å². The van der Waals surface area contributed by atoms with Crippen molar-refractivity contribution in [3.05, 3.63) is 29.3 Å². The van der Waals surface area contributed by atoms with E-state index in [0.29, 0.717) is 11.4 Å². The van der Waals surface area contributed by atoms with Gasteiger partial charge in [0, 0.05) is 0 Å². The zero-order valence-corrected chi connectivity index (χ0v) is 10.2. The van der Waals surface area contributed by atoms with E-state index in [1.54, 1.807) is 0 Å². The van der Waals surface area contributed by atoms with Gasteiger partial charge in [0.25, 0.3) is 0 Å². The second-order valence-corrected chi connectivity index (χ2v) is 5.36. The van der Waals surface area contributed by atoms with Crippen molar-refractivity contribution in [3.63, 3.8) is 0 Å². The van der Waals surface area contributed by atoms with E-state index in [4.69, 9.17) is 0 Å². The van der Waals surface area contributed by atoms with Gasteiger partial charge in [-0.2, -0.15) is 0 Å². The normalized spacial score (nSPS) is 23.6. The number of fused-ring (bicyclic) bond motifs is 1. The van der Waals surface area contributed by atoms with Crippen LogP contribution in [-0.2, 0) is 11.8 Å². The molecule has 1 aliphatic rings. The molecule has 1 aromatic carbocycles. The van der Waals surface area contributed by atoms with Crippen molar-refractivity contribution >= 4 is 12.6 Å². The fourth-order valence-electron chi connectivity index (χ4n) is 2.63. The molecule has 0 amide bonds. The van der Waals surface area contributed by atoms with Gasteiger partial charge in [-0.25, -0.2) is 0 Å². The van der Waals surface area contributed by atoms with Crippen molar-refractivity contribution in [2.75, 3.05) is 0 Å². The lowest BCUT2D eigenvalue weighted by molar-refractivity contribution is 0.337. The second kappa shape index (κ2) is 3.90. The van der Waals surface area contributed by atoms with E-state index in [1.165, 1.54) is 11.1 Å². The average Bonchev–Trinajstić information content (AvgIpc) is 2.57. The minimum absolute atomic E-state index is 0.181. The summed E-state index contributed by atoms with van der Waals surface area (Å²) in [7, 11) is -1.36. The molecule has 1 aromatic rings.